The molecule has 1 fully saturated rings. The molecule has 1 aliphatic heterocycles. The molecule has 0 bridgehead atoms. The van der Waals surface area contributed by atoms with Crippen LogP contribution in [0.1, 0.15) is 23.2 Å². The number of nitrogens with one attached hydrogen (secondary N) is 2. The van der Waals surface area contributed by atoms with Crippen LogP contribution < -0.4 is 15.6 Å². The molecule has 0 aliphatic carbocycles. The number of sulfone groups is 1. The minimum atomic E-state index is -4.46. The van der Waals surface area contributed by atoms with E-state index < -0.39 is 34.4 Å². The van der Waals surface area contributed by atoms with Crippen LogP contribution in [0.3, 0.4) is 0 Å². The second kappa shape index (κ2) is 7.94. The Balaban J connectivity index is 1.77. The lowest BCUT2D eigenvalue weighted by Crippen LogP contribution is -2.42. The Morgan fingerprint density at radius 1 is 1.15 bits per heavy atom. The highest BCUT2D eigenvalue weighted by Gasteiger charge is 2.29. The average molecular weight is 394 g/mol. The summed E-state index contributed by atoms with van der Waals surface area (Å²) in [7, 11) is -3.08. The second-order valence-corrected chi connectivity index (χ2v) is 8.13. The first kappa shape index (κ1) is 20.0. The highest BCUT2D eigenvalue weighted by atomic mass is 32.2. The maximum Gasteiger partial charge on any atom is 0.422 e. The molecule has 11 heteroatoms. The van der Waals surface area contributed by atoms with Gasteiger partial charge >= 0.3 is 6.18 Å². The predicted molar refractivity (Wildman–Crippen MR) is 85.0 cm³/mol. The van der Waals surface area contributed by atoms with Crippen molar-refractivity contribution in [2.24, 2.45) is 5.92 Å². The molecule has 1 unspecified atom stereocenters. The van der Waals surface area contributed by atoms with Gasteiger partial charge in [-0.3, -0.25) is 20.4 Å². The Kier molecular flexibility index (Phi) is 6.11. The van der Waals surface area contributed by atoms with E-state index in [1.54, 1.807) is 0 Å². The number of carbonyl (C=O) groups is 2. The summed E-state index contributed by atoms with van der Waals surface area (Å²) in [4.78, 5) is 23.6. The topological polar surface area (TPSA) is 102 Å². The summed E-state index contributed by atoms with van der Waals surface area (Å²) in [5.74, 6) is -1.51. The zero-order valence-corrected chi connectivity index (χ0v) is 14.3. The van der Waals surface area contributed by atoms with E-state index in [4.69, 9.17) is 0 Å². The number of hydrogen-bond acceptors (Lipinski definition) is 5. The van der Waals surface area contributed by atoms with Crippen LogP contribution in [0.25, 0.3) is 0 Å². The SMILES string of the molecule is O=C(CC1CCS(=O)(=O)C1)NNC(=O)c1ccc(OCC(F)(F)F)cc1. The van der Waals surface area contributed by atoms with Gasteiger partial charge in [0.25, 0.3) is 5.91 Å². The van der Waals surface area contributed by atoms with Crippen molar-refractivity contribution in [2.75, 3.05) is 18.1 Å². The normalized spacial score (nSPS) is 19.0. The Bertz CT molecular complexity index is 762. The first-order chi connectivity index (χ1) is 12.0. The van der Waals surface area contributed by atoms with Gasteiger partial charge in [0.05, 0.1) is 11.5 Å². The second-order valence-electron chi connectivity index (χ2n) is 5.90. The maximum absolute atomic E-state index is 12.1. The summed E-state index contributed by atoms with van der Waals surface area (Å²) in [6.45, 7) is -1.44. The smallest absolute Gasteiger partial charge is 0.422 e. The molecule has 0 saturated carbocycles. The molecule has 1 aliphatic rings. The largest absolute Gasteiger partial charge is 0.484 e. The number of rotatable bonds is 5. The maximum atomic E-state index is 12.1. The van der Waals surface area contributed by atoms with Crippen LogP contribution in [0, 0.1) is 5.92 Å². The minimum Gasteiger partial charge on any atom is -0.484 e. The summed E-state index contributed by atoms with van der Waals surface area (Å²) in [5.41, 5.74) is 4.45. The van der Waals surface area contributed by atoms with Gasteiger partial charge in [-0.25, -0.2) is 8.42 Å². The Hall–Kier alpha value is -2.30. The number of ether oxygens (including phenoxy) is 1. The van der Waals surface area contributed by atoms with Gasteiger partial charge in [0.2, 0.25) is 5.91 Å². The van der Waals surface area contributed by atoms with Crippen molar-refractivity contribution in [1.29, 1.82) is 0 Å². The number of carbonyl (C=O) groups excluding carboxylic acids is 2. The Morgan fingerprint density at radius 2 is 1.81 bits per heavy atom. The third-order valence-electron chi connectivity index (χ3n) is 3.64. The van der Waals surface area contributed by atoms with E-state index >= 15 is 0 Å². The van der Waals surface area contributed by atoms with Gasteiger partial charge in [0, 0.05) is 12.0 Å². The van der Waals surface area contributed by atoms with Crippen LogP contribution in [0.15, 0.2) is 24.3 Å². The molecule has 2 rings (SSSR count). The van der Waals surface area contributed by atoms with Crippen molar-refractivity contribution in [2.45, 2.75) is 19.0 Å². The van der Waals surface area contributed by atoms with Crippen molar-refractivity contribution in [3.63, 3.8) is 0 Å². The van der Waals surface area contributed by atoms with Gasteiger partial charge in [0.1, 0.15) is 5.75 Å². The van der Waals surface area contributed by atoms with Gasteiger partial charge in [-0.1, -0.05) is 0 Å². The molecule has 144 valence electrons. The molecule has 1 aromatic carbocycles. The number of alkyl halides is 3. The van der Waals surface area contributed by atoms with E-state index in [9.17, 15) is 31.2 Å². The third kappa shape index (κ3) is 6.54. The van der Waals surface area contributed by atoms with Gasteiger partial charge in [-0.15, -0.1) is 0 Å². The van der Waals surface area contributed by atoms with Crippen LogP contribution in [0.4, 0.5) is 13.2 Å². The Morgan fingerprint density at radius 3 is 2.35 bits per heavy atom. The summed E-state index contributed by atoms with van der Waals surface area (Å²) in [6.07, 6.45) is -4.08. The van der Waals surface area contributed by atoms with E-state index in [0.717, 1.165) is 0 Å². The minimum absolute atomic E-state index is 0.0241. The fraction of sp³-hybridized carbons (Fsp3) is 0.467. The van der Waals surface area contributed by atoms with Crippen LogP contribution in [0.5, 0.6) is 5.75 Å². The van der Waals surface area contributed by atoms with Crippen LogP contribution in [0.2, 0.25) is 0 Å². The molecule has 26 heavy (non-hydrogen) atoms. The first-order valence-electron chi connectivity index (χ1n) is 7.63. The van der Waals surface area contributed by atoms with E-state index in [0.29, 0.717) is 6.42 Å². The lowest BCUT2D eigenvalue weighted by atomic mass is 10.1. The summed E-state index contributed by atoms with van der Waals surface area (Å²) >= 11 is 0. The summed E-state index contributed by atoms with van der Waals surface area (Å²) in [5, 5.41) is 0. The molecule has 1 heterocycles. The molecule has 0 radical (unpaired) electrons. The molecule has 2 amide bonds. The van der Waals surface area contributed by atoms with Crippen molar-refractivity contribution in [3.8, 4) is 5.75 Å². The summed E-state index contributed by atoms with van der Waals surface area (Å²) in [6, 6.07) is 4.89. The van der Waals surface area contributed by atoms with E-state index in [1.807, 2.05) is 0 Å². The van der Waals surface area contributed by atoms with Gasteiger partial charge < -0.3 is 4.74 Å². The van der Waals surface area contributed by atoms with E-state index in [1.165, 1.54) is 24.3 Å². The van der Waals surface area contributed by atoms with Gasteiger partial charge in [-0.05, 0) is 36.6 Å². The molecular formula is C15H17F3N2O5S. The van der Waals surface area contributed by atoms with Crippen molar-refractivity contribution in [3.05, 3.63) is 29.8 Å². The lowest BCUT2D eigenvalue weighted by Gasteiger charge is -2.11. The van der Waals surface area contributed by atoms with Crippen molar-refractivity contribution in [1.82, 2.24) is 10.9 Å². The standard InChI is InChI=1S/C15H17F3N2O5S/c16-15(17,18)9-25-12-3-1-11(2-4-12)14(22)20-19-13(21)7-10-5-6-26(23,24)8-10/h1-4,10H,5-9H2,(H,19,21)(H,20,22). The van der Waals surface area contributed by atoms with Crippen molar-refractivity contribution < 1.29 is 35.9 Å². The van der Waals surface area contributed by atoms with Crippen LogP contribution in [-0.4, -0.2) is 44.5 Å². The summed E-state index contributed by atoms with van der Waals surface area (Å²) < 4.78 is 63.3. The molecule has 0 spiro atoms. The van der Waals surface area contributed by atoms with Crippen LogP contribution >= 0.6 is 0 Å². The van der Waals surface area contributed by atoms with Crippen molar-refractivity contribution >= 4 is 21.7 Å². The monoisotopic (exact) mass is 394 g/mol. The average Bonchev–Trinajstić information content (AvgIpc) is 2.89. The first-order valence-corrected chi connectivity index (χ1v) is 9.45. The fourth-order valence-corrected chi connectivity index (χ4v) is 4.27. The Labute approximate surface area is 147 Å². The molecule has 1 atom stereocenters. The zero-order chi connectivity index (χ0) is 19.4. The van der Waals surface area contributed by atoms with Crippen LogP contribution in [-0.2, 0) is 14.6 Å². The van der Waals surface area contributed by atoms with Gasteiger partial charge in [-0.2, -0.15) is 13.2 Å². The predicted octanol–water partition coefficient (Wildman–Crippen LogP) is 1.21. The quantitative estimate of drug-likeness (QED) is 0.731. The molecule has 2 N–H and O–H groups in total. The number of halogens is 3. The number of amides is 2. The lowest BCUT2D eigenvalue weighted by molar-refractivity contribution is -0.153. The van der Waals surface area contributed by atoms with E-state index in [2.05, 4.69) is 15.6 Å². The fourth-order valence-electron chi connectivity index (χ4n) is 2.41. The highest BCUT2D eigenvalue weighted by molar-refractivity contribution is 7.91. The highest BCUT2D eigenvalue weighted by Crippen LogP contribution is 2.21. The molecular weight excluding hydrogens is 377 g/mol. The van der Waals surface area contributed by atoms with E-state index in [-0.39, 0.29) is 35.2 Å². The molecule has 1 aromatic rings. The third-order valence-corrected chi connectivity index (χ3v) is 5.47. The number of benzene rings is 1. The molecule has 0 aromatic heterocycles. The molecule has 1 saturated heterocycles. The zero-order valence-electron chi connectivity index (χ0n) is 13.5. The van der Waals surface area contributed by atoms with Gasteiger partial charge in [0.15, 0.2) is 16.4 Å². The number of hydrazine groups is 1. The number of hydrogen-bond donors (Lipinski definition) is 2. The molecule has 7 nitrogen and oxygen atoms in total.